The third kappa shape index (κ3) is 6.32. The smallest absolute Gasteiger partial charge is 0.267 e. The van der Waals surface area contributed by atoms with Crippen molar-refractivity contribution < 1.29 is 14.0 Å². The molecule has 0 aromatic heterocycles. The minimum atomic E-state index is -0.527. The minimum Gasteiger partial charge on any atom is -0.398 e. The molecule has 0 bridgehead atoms. The van der Waals surface area contributed by atoms with Crippen molar-refractivity contribution in [2.45, 2.75) is 39.2 Å². The zero-order valence-corrected chi connectivity index (χ0v) is 17.0. The van der Waals surface area contributed by atoms with Crippen molar-refractivity contribution in [3.05, 3.63) is 52.5 Å². The van der Waals surface area contributed by atoms with E-state index < -0.39 is 5.82 Å². The van der Waals surface area contributed by atoms with Gasteiger partial charge in [-0.25, -0.2) is 4.39 Å². The van der Waals surface area contributed by atoms with Crippen LogP contribution in [0.15, 0.2) is 30.0 Å². The second-order valence-corrected chi connectivity index (χ2v) is 7.17. The Labute approximate surface area is 170 Å². The van der Waals surface area contributed by atoms with Crippen molar-refractivity contribution in [2.24, 2.45) is 11.5 Å². The van der Waals surface area contributed by atoms with Crippen molar-refractivity contribution in [1.29, 1.82) is 0 Å². The number of amides is 2. The molecule has 1 aliphatic rings. The van der Waals surface area contributed by atoms with Crippen molar-refractivity contribution in [1.82, 2.24) is 16.0 Å². The Kier molecular flexibility index (Phi) is 8.21. The van der Waals surface area contributed by atoms with Gasteiger partial charge in [0.25, 0.3) is 11.8 Å². The maximum Gasteiger partial charge on any atom is 0.267 e. The Morgan fingerprint density at radius 2 is 1.97 bits per heavy atom. The van der Waals surface area contributed by atoms with Gasteiger partial charge >= 0.3 is 0 Å². The number of benzene rings is 1. The average Bonchev–Trinajstić information content (AvgIpc) is 2.67. The Bertz CT molecular complexity index is 816. The summed E-state index contributed by atoms with van der Waals surface area (Å²) >= 11 is 0. The first-order chi connectivity index (χ1) is 13.8. The van der Waals surface area contributed by atoms with Gasteiger partial charge in [-0.3, -0.25) is 9.59 Å². The fourth-order valence-electron chi connectivity index (χ4n) is 2.79. The van der Waals surface area contributed by atoms with E-state index in [0.717, 1.165) is 19.3 Å². The van der Waals surface area contributed by atoms with Gasteiger partial charge in [0.1, 0.15) is 5.82 Å². The number of carbonyl (C=O) groups is 2. The van der Waals surface area contributed by atoms with E-state index in [4.69, 9.17) is 11.5 Å². The summed E-state index contributed by atoms with van der Waals surface area (Å²) in [5.74, 6) is -1.26. The lowest BCUT2D eigenvalue weighted by atomic mass is 10.0. The number of unbranched alkanes of at least 4 members (excludes halogenated alkanes) is 2. The molecule has 1 fully saturated rings. The lowest BCUT2D eigenvalue weighted by molar-refractivity contribution is -0.117. The number of nitrogens with two attached hydrogens (primary N) is 2. The van der Waals surface area contributed by atoms with Crippen LogP contribution in [0.3, 0.4) is 0 Å². The van der Waals surface area contributed by atoms with Crippen LogP contribution in [0, 0.1) is 12.7 Å². The summed E-state index contributed by atoms with van der Waals surface area (Å²) in [5, 5.41) is 8.61. The lowest BCUT2D eigenvalue weighted by Crippen LogP contribution is -2.56. The predicted octanol–water partition coefficient (Wildman–Crippen LogP) is 1.28. The highest BCUT2D eigenvalue weighted by Crippen LogP contribution is 2.21. The highest BCUT2D eigenvalue weighted by Gasteiger charge is 2.21. The predicted molar refractivity (Wildman–Crippen MR) is 112 cm³/mol. The number of carbonyl (C=O) groups excluding carboxylic acids is 2. The van der Waals surface area contributed by atoms with Crippen molar-refractivity contribution in [3.8, 4) is 0 Å². The largest absolute Gasteiger partial charge is 0.398 e. The number of rotatable bonds is 9. The van der Waals surface area contributed by atoms with Crippen molar-refractivity contribution in [3.63, 3.8) is 0 Å². The molecule has 158 valence electrons. The van der Waals surface area contributed by atoms with E-state index in [1.165, 1.54) is 18.2 Å². The first kappa shape index (κ1) is 22.4. The third-order valence-electron chi connectivity index (χ3n) is 4.80. The standard InChI is InChI=1S/C21H30FN5O2/c1-3-4-5-8-26-21(29)19(24)7-6-18(23)16-9-14(10-17(22)13(16)2)20(28)27-15-11-25-12-15/h6-7,9-10,15,25H,3-5,8,11-12,23-24H2,1-2H3,(H,26,29)(H,27,28)/b18-6-,19-7-. The molecule has 0 saturated carbocycles. The minimum absolute atomic E-state index is 0.00829. The topological polar surface area (TPSA) is 122 Å². The number of halogens is 1. The summed E-state index contributed by atoms with van der Waals surface area (Å²) < 4.78 is 14.3. The number of allylic oxidation sites excluding steroid dienone is 2. The van der Waals surface area contributed by atoms with Gasteiger partial charge < -0.3 is 27.4 Å². The van der Waals surface area contributed by atoms with Gasteiger partial charge in [0.15, 0.2) is 0 Å². The van der Waals surface area contributed by atoms with Crippen LogP contribution >= 0.6 is 0 Å². The van der Waals surface area contributed by atoms with Crippen LogP contribution in [0.2, 0.25) is 0 Å². The molecule has 7 nitrogen and oxygen atoms in total. The maximum absolute atomic E-state index is 14.3. The third-order valence-corrected chi connectivity index (χ3v) is 4.80. The summed E-state index contributed by atoms with van der Waals surface area (Å²) in [7, 11) is 0. The van der Waals surface area contributed by atoms with E-state index in [-0.39, 0.29) is 34.8 Å². The lowest BCUT2D eigenvalue weighted by Gasteiger charge is -2.28. The fraction of sp³-hybridized carbons (Fsp3) is 0.429. The fourth-order valence-corrected chi connectivity index (χ4v) is 2.79. The van der Waals surface area contributed by atoms with E-state index in [1.807, 2.05) is 0 Å². The molecule has 2 amide bonds. The molecule has 0 atom stereocenters. The molecular formula is C21H30FN5O2. The molecule has 7 N–H and O–H groups in total. The quantitative estimate of drug-likeness (QED) is 0.242. The van der Waals surface area contributed by atoms with Gasteiger partial charge in [-0.05, 0) is 43.2 Å². The second-order valence-electron chi connectivity index (χ2n) is 7.17. The van der Waals surface area contributed by atoms with Crippen LogP contribution in [-0.2, 0) is 4.79 Å². The van der Waals surface area contributed by atoms with Crippen LogP contribution in [0.5, 0.6) is 0 Å². The van der Waals surface area contributed by atoms with E-state index in [9.17, 15) is 14.0 Å². The highest BCUT2D eigenvalue weighted by molar-refractivity contribution is 5.96. The van der Waals surface area contributed by atoms with Crippen molar-refractivity contribution in [2.75, 3.05) is 19.6 Å². The van der Waals surface area contributed by atoms with Gasteiger partial charge in [0.05, 0.1) is 11.7 Å². The van der Waals surface area contributed by atoms with Crippen LogP contribution in [0.1, 0.15) is 47.7 Å². The number of hydrogen-bond acceptors (Lipinski definition) is 5. The van der Waals surface area contributed by atoms with Gasteiger partial charge in [-0.2, -0.15) is 0 Å². The SMILES string of the molecule is CCCCCNC(=O)/C(N)=C/C=C(\N)c1cc(C(=O)NC2CNC2)cc(F)c1C. The summed E-state index contributed by atoms with van der Waals surface area (Å²) in [5.41, 5.74) is 13.0. The Morgan fingerprint density at radius 3 is 2.59 bits per heavy atom. The molecule has 0 unspecified atom stereocenters. The molecular weight excluding hydrogens is 373 g/mol. The molecule has 1 aliphatic heterocycles. The number of hydrogen-bond donors (Lipinski definition) is 5. The Balaban J connectivity index is 2.12. The zero-order chi connectivity index (χ0) is 21.4. The van der Waals surface area contributed by atoms with Gasteiger partial charge in [0, 0.05) is 36.5 Å². The normalized spacial score (nSPS) is 15.0. The summed E-state index contributed by atoms with van der Waals surface area (Å²) in [6.07, 6.45) is 5.81. The molecule has 8 heteroatoms. The average molecular weight is 404 g/mol. The van der Waals surface area contributed by atoms with Crippen LogP contribution < -0.4 is 27.4 Å². The van der Waals surface area contributed by atoms with Gasteiger partial charge in [-0.15, -0.1) is 0 Å². The highest BCUT2D eigenvalue weighted by atomic mass is 19.1. The van der Waals surface area contributed by atoms with Crippen LogP contribution in [0.4, 0.5) is 4.39 Å². The van der Waals surface area contributed by atoms with E-state index in [0.29, 0.717) is 30.8 Å². The van der Waals surface area contributed by atoms with Crippen LogP contribution in [0.25, 0.3) is 5.70 Å². The molecule has 0 spiro atoms. The van der Waals surface area contributed by atoms with E-state index in [1.54, 1.807) is 13.0 Å². The summed E-state index contributed by atoms with van der Waals surface area (Å²) in [6.45, 7) is 5.60. The molecule has 1 heterocycles. The molecule has 29 heavy (non-hydrogen) atoms. The van der Waals surface area contributed by atoms with Crippen LogP contribution in [-0.4, -0.2) is 37.5 Å². The molecule has 1 aromatic rings. The Morgan fingerprint density at radius 1 is 1.24 bits per heavy atom. The zero-order valence-electron chi connectivity index (χ0n) is 17.0. The van der Waals surface area contributed by atoms with E-state index >= 15 is 0 Å². The second kappa shape index (κ2) is 10.6. The van der Waals surface area contributed by atoms with E-state index in [2.05, 4.69) is 22.9 Å². The molecule has 0 aliphatic carbocycles. The molecule has 1 saturated heterocycles. The first-order valence-electron chi connectivity index (χ1n) is 9.86. The molecule has 2 rings (SSSR count). The molecule has 0 radical (unpaired) electrons. The first-order valence-corrected chi connectivity index (χ1v) is 9.86. The van der Waals surface area contributed by atoms with Crippen molar-refractivity contribution >= 4 is 17.5 Å². The molecule has 1 aromatic carbocycles. The summed E-state index contributed by atoms with van der Waals surface area (Å²) in [4.78, 5) is 24.3. The Hall–Kier alpha value is -2.87. The monoisotopic (exact) mass is 403 g/mol. The summed E-state index contributed by atoms with van der Waals surface area (Å²) in [6, 6.07) is 2.78. The van der Waals surface area contributed by atoms with Gasteiger partial charge in [-0.1, -0.05) is 19.8 Å². The number of nitrogens with one attached hydrogen (secondary N) is 3. The van der Waals surface area contributed by atoms with Gasteiger partial charge in [0.2, 0.25) is 0 Å². The maximum atomic E-state index is 14.3.